The van der Waals surface area contributed by atoms with Gasteiger partial charge in [-0.3, -0.25) is 0 Å². The molecule has 0 N–H and O–H groups in total. The molecule has 0 bridgehead atoms. The zero-order chi connectivity index (χ0) is 63.6. The molecule has 4 aromatic heterocycles. The van der Waals surface area contributed by atoms with Crippen LogP contribution in [0.3, 0.4) is 0 Å². The van der Waals surface area contributed by atoms with Crippen molar-refractivity contribution in [1.29, 1.82) is 0 Å². The minimum Gasteiger partial charge on any atom is -0.493 e. The fourth-order valence-electron chi connectivity index (χ4n) is 11.1. The number of nitrogens with zero attached hydrogens (tertiary/aromatic N) is 4. The van der Waals surface area contributed by atoms with Crippen LogP contribution in [0.5, 0.6) is 23.0 Å². The molecule has 0 saturated heterocycles. The Kier molecular flexibility index (Phi) is 19.9. The second-order valence-electron chi connectivity index (χ2n) is 23.4. The Labute approximate surface area is 526 Å². The Morgan fingerprint density at radius 2 is 0.667 bits per heavy atom. The zero-order valence-electron chi connectivity index (χ0n) is 53.0. The molecule has 6 aromatic carbocycles. The highest BCUT2D eigenvalue weighted by molar-refractivity contribution is 6.11. The van der Waals surface area contributed by atoms with Gasteiger partial charge >= 0.3 is 23.9 Å². The smallest absolute Gasteiger partial charge is 0.378 e. The van der Waals surface area contributed by atoms with E-state index in [1.165, 1.54) is 14.2 Å². The van der Waals surface area contributed by atoms with E-state index in [2.05, 4.69) is 116 Å². The van der Waals surface area contributed by atoms with Gasteiger partial charge in [0.15, 0.2) is 49.6 Å². The van der Waals surface area contributed by atoms with Crippen molar-refractivity contribution in [3.8, 4) is 78.6 Å². The van der Waals surface area contributed by atoms with Gasteiger partial charge < -0.3 is 28.4 Å². The van der Waals surface area contributed by atoms with Crippen LogP contribution in [0.4, 0.5) is 0 Å². The normalized spacial score (nSPS) is 11.9. The topological polar surface area (TPSA) is 139 Å². The van der Waals surface area contributed by atoms with Gasteiger partial charge in [-0.05, 0) is 176 Å². The number of esters is 4. The van der Waals surface area contributed by atoms with Crippen LogP contribution in [0.2, 0.25) is 0 Å². The summed E-state index contributed by atoms with van der Waals surface area (Å²) in [6.45, 7) is 18.3. The highest BCUT2D eigenvalue weighted by Crippen LogP contribution is 2.47. The van der Waals surface area contributed by atoms with Crippen molar-refractivity contribution in [3.63, 3.8) is 0 Å². The monoisotopic (exact) mass is 1210 g/mol. The minimum absolute atomic E-state index is 0.100. The average Bonchev–Trinajstić information content (AvgIpc) is 0.917. The number of aromatic nitrogens is 4. The van der Waals surface area contributed by atoms with Crippen molar-refractivity contribution in [2.45, 2.75) is 94.4 Å². The molecule has 0 spiro atoms. The third-order valence-electron chi connectivity index (χ3n) is 16.6. The molecule has 0 amide bonds. The number of rotatable bonds is 23. The van der Waals surface area contributed by atoms with Gasteiger partial charge in [0.2, 0.25) is 26.2 Å². The van der Waals surface area contributed by atoms with Crippen LogP contribution in [0.1, 0.15) is 62.8 Å². The van der Waals surface area contributed by atoms with Crippen molar-refractivity contribution in [2.75, 3.05) is 27.4 Å². The quantitative estimate of drug-likeness (QED) is 0.0345. The molecule has 2 unspecified atom stereocenters. The molecule has 0 aliphatic carbocycles. The lowest BCUT2D eigenvalue weighted by Crippen LogP contribution is -2.39. The number of aryl methyl sites for hydroxylation is 4. The molecule has 14 nitrogen and oxygen atoms in total. The van der Waals surface area contributed by atoms with Crippen molar-refractivity contribution in [1.82, 2.24) is 0 Å². The Hall–Kier alpha value is -10.1. The predicted molar refractivity (Wildman–Crippen MR) is 346 cm³/mol. The van der Waals surface area contributed by atoms with Crippen molar-refractivity contribution in [3.05, 3.63) is 205 Å². The Morgan fingerprint density at radius 1 is 0.367 bits per heavy atom. The number of hydrogen-bond donors (Lipinski definition) is 0. The number of carbonyl (C=O) groups excluding carboxylic acids is 4. The van der Waals surface area contributed by atoms with E-state index in [4.69, 9.17) is 28.4 Å². The van der Waals surface area contributed by atoms with Gasteiger partial charge in [0.05, 0.1) is 27.4 Å². The number of benzene rings is 6. The molecular formula is C76H78N4O10+4. The predicted octanol–water partition coefficient (Wildman–Crippen LogP) is 13.1. The van der Waals surface area contributed by atoms with E-state index < -0.39 is 11.9 Å². The van der Waals surface area contributed by atoms with Gasteiger partial charge in [0.25, 0.3) is 0 Å². The van der Waals surface area contributed by atoms with Crippen molar-refractivity contribution in [2.24, 2.45) is 11.8 Å². The highest BCUT2D eigenvalue weighted by atomic mass is 16.5. The van der Waals surface area contributed by atoms with E-state index in [-0.39, 0.29) is 49.6 Å². The largest absolute Gasteiger partial charge is 0.493 e. The SMILES string of the molecule is CCC(C)COc1c(C)cc(-c2ccc3c(-c4c(OC(=O)C[n+]5ccc(-c6cc[n+](CC(=O)OC)cc6)cc5)ccc5cc(-c6cc(C)c(OCC(C)CC)c(C)c6)ccc45)c(OC(=O)C[n+]4ccc(-c5cc[n+](CC(=O)OC)cc5)cc4)ccc3c2)cc1C. The summed E-state index contributed by atoms with van der Waals surface area (Å²) < 4.78 is 42.5. The number of carbonyl (C=O) groups is 4. The minimum atomic E-state index is -0.519. The maximum atomic E-state index is 14.5. The summed E-state index contributed by atoms with van der Waals surface area (Å²) in [5.74, 6) is 1.49. The summed E-state index contributed by atoms with van der Waals surface area (Å²) in [5, 5.41) is 3.29. The number of fused-ring (bicyclic) bond motifs is 2. The zero-order valence-corrected chi connectivity index (χ0v) is 53.0. The molecule has 2 atom stereocenters. The van der Waals surface area contributed by atoms with Gasteiger partial charge in [-0.2, -0.15) is 18.3 Å². The van der Waals surface area contributed by atoms with Crippen LogP contribution >= 0.6 is 0 Å². The van der Waals surface area contributed by atoms with E-state index in [1.54, 1.807) is 18.3 Å². The second kappa shape index (κ2) is 28.4. The first-order valence-corrected chi connectivity index (χ1v) is 30.6. The summed E-state index contributed by atoms with van der Waals surface area (Å²) in [7, 11) is 2.73. The molecule has 14 heteroatoms. The van der Waals surface area contributed by atoms with Crippen LogP contribution < -0.4 is 37.2 Å². The van der Waals surface area contributed by atoms with Gasteiger partial charge in [0.1, 0.15) is 23.0 Å². The number of hydrogen-bond acceptors (Lipinski definition) is 10. The van der Waals surface area contributed by atoms with Gasteiger partial charge in [0, 0.05) is 59.7 Å². The van der Waals surface area contributed by atoms with Crippen molar-refractivity contribution >= 4 is 45.4 Å². The second-order valence-corrected chi connectivity index (χ2v) is 23.4. The molecular weight excluding hydrogens is 1130 g/mol. The van der Waals surface area contributed by atoms with E-state index in [0.717, 1.165) is 113 Å². The number of pyridine rings is 4. The standard InChI is InChI=1S/C76H78N4O10/c1-11-49(3)47-87-75-51(5)37-63(38-52(75)6)59-13-17-65-61(41-59)15-19-67(89-71(83)45-79-33-25-57(26-34-79)55-21-29-77(30-22-55)43-69(81)85-9)73(65)74-66-18-14-60(64-39-53(7)76(54(8)40-64)88-48-50(4)12-2)42-62(66)16-20-68(74)90-72(84)46-80-35-27-58(28-36-80)56-23-31-78(32-24-56)44-70(82)86-10/h13-42,49-50H,11-12,43-48H2,1-10H3/q+4. The van der Waals surface area contributed by atoms with Crippen molar-refractivity contribution < 1.29 is 65.9 Å². The van der Waals surface area contributed by atoms with Crippen LogP contribution in [0.15, 0.2) is 183 Å². The molecule has 0 radical (unpaired) electrons. The maximum absolute atomic E-state index is 14.5. The molecule has 0 fully saturated rings. The summed E-state index contributed by atoms with van der Waals surface area (Å²) in [6, 6.07) is 44.2. The lowest BCUT2D eigenvalue weighted by Gasteiger charge is -2.20. The van der Waals surface area contributed by atoms with E-state index in [9.17, 15) is 19.2 Å². The third-order valence-corrected chi connectivity index (χ3v) is 16.6. The first-order valence-electron chi connectivity index (χ1n) is 30.6. The molecule has 0 aliphatic rings. The number of ether oxygens (including phenoxy) is 6. The maximum Gasteiger partial charge on any atom is 0.378 e. The fourth-order valence-corrected chi connectivity index (χ4v) is 11.1. The lowest BCUT2D eigenvalue weighted by atomic mass is 9.89. The number of methoxy groups -OCH3 is 2. The molecule has 458 valence electrons. The van der Waals surface area contributed by atoms with Gasteiger partial charge in [-0.15, -0.1) is 0 Å². The molecule has 0 saturated carbocycles. The van der Waals surface area contributed by atoms with Crippen LogP contribution in [-0.4, -0.2) is 51.3 Å². The Bertz CT molecular complexity index is 3960. The van der Waals surface area contributed by atoms with Gasteiger partial charge in [-0.1, -0.05) is 76.9 Å². The molecule has 10 aromatic rings. The lowest BCUT2D eigenvalue weighted by molar-refractivity contribution is -0.686. The summed E-state index contributed by atoms with van der Waals surface area (Å²) in [4.78, 5) is 52.8. The first-order chi connectivity index (χ1) is 43.5. The molecule has 0 aliphatic heterocycles. The molecule has 10 rings (SSSR count). The summed E-state index contributed by atoms with van der Waals surface area (Å²) in [5.41, 5.74) is 13.1. The Balaban J connectivity index is 1.05. The van der Waals surface area contributed by atoms with Crippen LogP contribution in [0.25, 0.3) is 77.2 Å². The molecule has 4 heterocycles. The van der Waals surface area contributed by atoms with Crippen LogP contribution in [-0.2, 0) is 54.8 Å². The molecule has 90 heavy (non-hydrogen) atoms. The van der Waals surface area contributed by atoms with E-state index in [0.29, 0.717) is 36.2 Å². The van der Waals surface area contributed by atoms with Crippen LogP contribution in [0, 0.1) is 39.5 Å². The fraction of sp³-hybridized carbons (Fsp3) is 0.263. The highest BCUT2D eigenvalue weighted by Gasteiger charge is 2.26. The summed E-state index contributed by atoms with van der Waals surface area (Å²) in [6.07, 6.45) is 16.7. The summed E-state index contributed by atoms with van der Waals surface area (Å²) >= 11 is 0. The first kappa shape index (κ1) is 63.0. The van der Waals surface area contributed by atoms with E-state index >= 15 is 0 Å². The Morgan fingerprint density at radius 3 is 0.956 bits per heavy atom. The van der Waals surface area contributed by atoms with Gasteiger partial charge in [-0.25, -0.2) is 19.2 Å². The average molecular weight is 1210 g/mol. The van der Waals surface area contributed by atoms with E-state index in [1.807, 2.05) is 122 Å². The third kappa shape index (κ3) is 14.9.